The first-order valence-electron chi connectivity index (χ1n) is 6.39. The van der Waals surface area contributed by atoms with Crippen molar-refractivity contribution in [2.45, 2.75) is 32.4 Å². The molecule has 2 nitrogen and oxygen atoms in total. The summed E-state index contributed by atoms with van der Waals surface area (Å²) in [6.45, 7) is 5.74. The zero-order valence-electron chi connectivity index (χ0n) is 11.1. The molecule has 1 aliphatic rings. The molecule has 100 valence electrons. The first-order chi connectivity index (χ1) is 8.47. The van der Waals surface area contributed by atoms with Gasteiger partial charge in [0.15, 0.2) is 0 Å². The van der Waals surface area contributed by atoms with Crippen LogP contribution in [0.25, 0.3) is 0 Å². The summed E-state index contributed by atoms with van der Waals surface area (Å²) >= 11 is 9.53. The third kappa shape index (κ3) is 3.19. The summed E-state index contributed by atoms with van der Waals surface area (Å²) in [5.74, 6) is 0.647. The number of rotatable bonds is 2. The molecule has 2 rings (SSSR count). The Labute approximate surface area is 123 Å². The van der Waals surface area contributed by atoms with Crippen LogP contribution in [0.4, 0.5) is 5.69 Å². The zero-order valence-corrected chi connectivity index (χ0v) is 13.4. The minimum absolute atomic E-state index is 0.522. The van der Waals surface area contributed by atoms with Crippen molar-refractivity contribution >= 4 is 33.2 Å². The number of nitrogens with zero attached hydrogens (tertiary/aromatic N) is 1. The molecule has 0 radical (unpaired) electrons. The van der Waals surface area contributed by atoms with Crippen molar-refractivity contribution in [1.29, 1.82) is 0 Å². The smallest absolute Gasteiger partial charge is 0.0487 e. The molecule has 0 bridgehead atoms. The summed E-state index contributed by atoms with van der Waals surface area (Å²) in [4.78, 5) is 2.43. The molecule has 18 heavy (non-hydrogen) atoms. The first-order valence-corrected chi connectivity index (χ1v) is 7.56. The van der Waals surface area contributed by atoms with Gasteiger partial charge in [-0.1, -0.05) is 18.5 Å². The lowest BCUT2D eigenvalue weighted by Gasteiger charge is -2.40. The predicted octanol–water partition coefficient (Wildman–Crippen LogP) is 4.24. The van der Waals surface area contributed by atoms with Gasteiger partial charge in [-0.2, -0.15) is 0 Å². The Morgan fingerprint density at radius 1 is 1.39 bits per heavy atom. The highest BCUT2D eigenvalue weighted by Gasteiger charge is 2.28. The Morgan fingerprint density at radius 2 is 2.11 bits per heavy atom. The number of nitrogens with one attached hydrogen (secondary N) is 1. The topological polar surface area (TPSA) is 15.3 Å². The third-order valence-electron chi connectivity index (χ3n) is 3.88. The highest BCUT2D eigenvalue weighted by Crippen LogP contribution is 2.30. The Hall–Kier alpha value is -0.250. The normalized spacial score (nSPS) is 29.3. The molecule has 0 spiro atoms. The molecule has 3 unspecified atom stereocenters. The summed E-state index contributed by atoms with van der Waals surface area (Å²) in [5, 5.41) is 4.41. The van der Waals surface area contributed by atoms with Crippen LogP contribution in [0.5, 0.6) is 0 Å². The minimum Gasteiger partial charge on any atom is -0.381 e. The van der Waals surface area contributed by atoms with Crippen LogP contribution in [0.15, 0.2) is 22.7 Å². The van der Waals surface area contributed by atoms with E-state index in [-0.39, 0.29) is 0 Å². The van der Waals surface area contributed by atoms with Gasteiger partial charge < -0.3 is 10.2 Å². The van der Waals surface area contributed by atoms with Gasteiger partial charge in [-0.25, -0.2) is 0 Å². The number of likely N-dealkylation sites (tertiary alicyclic amines) is 1. The highest BCUT2D eigenvalue weighted by atomic mass is 79.9. The molecule has 1 heterocycles. The van der Waals surface area contributed by atoms with E-state index in [2.05, 4.69) is 47.0 Å². The van der Waals surface area contributed by atoms with Crippen LogP contribution in [0.2, 0.25) is 5.02 Å². The van der Waals surface area contributed by atoms with Crippen LogP contribution in [0.3, 0.4) is 0 Å². The molecule has 1 aromatic rings. The lowest BCUT2D eigenvalue weighted by Crippen LogP contribution is -2.48. The molecule has 1 saturated heterocycles. The Bertz CT molecular complexity index is 424. The standard InChI is InChI=1S/C14H20BrClN2/c1-9-8-18(3)10(2)6-14(9)17-13-5-4-11(16)7-12(13)15/h4-5,7,9-10,14,17H,6,8H2,1-3H3. The first kappa shape index (κ1) is 14.2. The van der Waals surface area contributed by atoms with Gasteiger partial charge in [0.05, 0.1) is 0 Å². The fourth-order valence-corrected chi connectivity index (χ4v) is 3.35. The van der Waals surface area contributed by atoms with E-state index in [9.17, 15) is 0 Å². The molecule has 1 fully saturated rings. The molecule has 1 aliphatic heterocycles. The Balaban J connectivity index is 2.08. The van der Waals surface area contributed by atoms with E-state index in [1.54, 1.807) is 0 Å². The van der Waals surface area contributed by atoms with Gasteiger partial charge in [0.2, 0.25) is 0 Å². The van der Waals surface area contributed by atoms with Gasteiger partial charge in [-0.05, 0) is 60.4 Å². The molecule has 1 aromatic carbocycles. The number of anilines is 1. The summed E-state index contributed by atoms with van der Waals surface area (Å²) < 4.78 is 1.04. The minimum atomic E-state index is 0.522. The average molecular weight is 332 g/mol. The van der Waals surface area contributed by atoms with E-state index in [0.717, 1.165) is 21.7 Å². The van der Waals surface area contributed by atoms with Crippen LogP contribution < -0.4 is 5.32 Å². The second-order valence-corrected chi connectivity index (χ2v) is 6.67. The van der Waals surface area contributed by atoms with Crippen LogP contribution >= 0.6 is 27.5 Å². The molecular formula is C14H20BrClN2. The van der Waals surface area contributed by atoms with E-state index in [1.807, 2.05) is 18.2 Å². The fourth-order valence-electron chi connectivity index (χ4n) is 2.55. The van der Waals surface area contributed by atoms with Gasteiger partial charge in [-0.3, -0.25) is 0 Å². The maximum Gasteiger partial charge on any atom is 0.0487 e. The second-order valence-electron chi connectivity index (χ2n) is 5.38. The van der Waals surface area contributed by atoms with Gasteiger partial charge in [0.1, 0.15) is 0 Å². The monoisotopic (exact) mass is 330 g/mol. The van der Waals surface area contributed by atoms with E-state index in [1.165, 1.54) is 6.42 Å². The molecular weight excluding hydrogens is 312 g/mol. The molecule has 0 aromatic heterocycles. The van der Waals surface area contributed by atoms with Crippen molar-refractivity contribution in [3.05, 3.63) is 27.7 Å². The SMILES string of the molecule is CC1CN(C)C(C)CC1Nc1ccc(Cl)cc1Br. The third-order valence-corrected chi connectivity index (χ3v) is 4.77. The number of hydrogen-bond acceptors (Lipinski definition) is 2. The Morgan fingerprint density at radius 3 is 2.78 bits per heavy atom. The number of piperidine rings is 1. The van der Waals surface area contributed by atoms with E-state index < -0.39 is 0 Å². The number of halogens is 2. The summed E-state index contributed by atoms with van der Waals surface area (Å²) in [6.07, 6.45) is 1.17. The highest BCUT2D eigenvalue weighted by molar-refractivity contribution is 9.10. The van der Waals surface area contributed by atoms with Crippen molar-refractivity contribution in [1.82, 2.24) is 4.90 Å². The van der Waals surface area contributed by atoms with E-state index >= 15 is 0 Å². The quantitative estimate of drug-likeness (QED) is 0.872. The summed E-state index contributed by atoms with van der Waals surface area (Å²) in [5.41, 5.74) is 1.13. The zero-order chi connectivity index (χ0) is 13.3. The summed E-state index contributed by atoms with van der Waals surface area (Å²) in [7, 11) is 2.20. The average Bonchev–Trinajstić information content (AvgIpc) is 2.29. The van der Waals surface area contributed by atoms with Crippen molar-refractivity contribution in [2.75, 3.05) is 18.9 Å². The molecule has 0 amide bonds. The predicted molar refractivity (Wildman–Crippen MR) is 82.4 cm³/mol. The number of hydrogen-bond donors (Lipinski definition) is 1. The van der Waals surface area contributed by atoms with Gasteiger partial charge in [0, 0.05) is 33.8 Å². The van der Waals surface area contributed by atoms with E-state index in [4.69, 9.17) is 11.6 Å². The van der Waals surface area contributed by atoms with Crippen molar-refractivity contribution in [3.8, 4) is 0 Å². The summed E-state index contributed by atoms with van der Waals surface area (Å²) in [6, 6.07) is 7.06. The lowest BCUT2D eigenvalue weighted by molar-refractivity contribution is 0.145. The van der Waals surface area contributed by atoms with Gasteiger partial charge >= 0.3 is 0 Å². The lowest BCUT2D eigenvalue weighted by atomic mass is 9.89. The molecule has 4 heteroatoms. The molecule has 3 atom stereocenters. The molecule has 1 N–H and O–H groups in total. The molecule has 0 saturated carbocycles. The van der Waals surface area contributed by atoms with Gasteiger partial charge in [0.25, 0.3) is 0 Å². The largest absolute Gasteiger partial charge is 0.381 e. The Kier molecular flexibility index (Phi) is 4.57. The van der Waals surface area contributed by atoms with Crippen molar-refractivity contribution < 1.29 is 0 Å². The van der Waals surface area contributed by atoms with E-state index in [0.29, 0.717) is 18.0 Å². The van der Waals surface area contributed by atoms with Crippen LogP contribution in [-0.4, -0.2) is 30.6 Å². The fraction of sp³-hybridized carbons (Fsp3) is 0.571. The van der Waals surface area contributed by atoms with Crippen LogP contribution in [0.1, 0.15) is 20.3 Å². The van der Waals surface area contributed by atoms with Gasteiger partial charge in [-0.15, -0.1) is 0 Å². The maximum atomic E-state index is 5.97. The van der Waals surface area contributed by atoms with Crippen molar-refractivity contribution in [3.63, 3.8) is 0 Å². The number of benzene rings is 1. The molecule has 0 aliphatic carbocycles. The maximum absolute atomic E-state index is 5.97. The second kappa shape index (κ2) is 5.81. The van der Waals surface area contributed by atoms with Crippen LogP contribution in [-0.2, 0) is 0 Å². The van der Waals surface area contributed by atoms with Crippen LogP contribution in [0, 0.1) is 5.92 Å². The van der Waals surface area contributed by atoms with Crippen molar-refractivity contribution in [2.24, 2.45) is 5.92 Å².